The number of nitrogens with two attached hydrogens (primary N) is 1. The van der Waals surface area contributed by atoms with Gasteiger partial charge in [0.05, 0.1) is 11.5 Å². The molecule has 2 aromatic rings. The van der Waals surface area contributed by atoms with Crippen LogP contribution < -0.4 is 5.73 Å². The van der Waals surface area contributed by atoms with Gasteiger partial charge in [-0.3, -0.25) is 0 Å². The zero-order valence-corrected chi connectivity index (χ0v) is 9.38. The van der Waals surface area contributed by atoms with Crippen molar-refractivity contribution < 1.29 is 0 Å². The van der Waals surface area contributed by atoms with Crippen molar-refractivity contribution in [1.82, 2.24) is 9.55 Å². The van der Waals surface area contributed by atoms with Gasteiger partial charge >= 0.3 is 0 Å². The van der Waals surface area contributed by atoms with Gasteiger partial charge in [0.25, 0.3) is 0 Å². The van der Waals surface area contributed by atoms with Gasteiger partial charge in [-0.15, -0.1) is 0 Å². The molecule has 0 fully saturated rings. The van der Waals surface area contributed by atoms with Crippen molar-refractivity contribution in [3.63, 3.8) is 0 Å². The van der Waals surface area contributed by atoms with Crippen LogP contribution in [0.4, 0.5) is 5.69 Å². The van der Waals surface area contributed by atoms with E-state index < -0.39 is 0 Å². The highest BCUT2D eigenvalue weighted by Gasteiger charge is 1.99. The summed E-state index contributed by atoms with van der Waals surface area (Å²) in [6.45, 7) is 3.74. The number of aromatic nitrogens is 2. The molecule has 0 aliphatic heterocycles. The normalized spacial score (nSPS) is 11.8. The van der Waals surface area contributed by atoms with Crippen LogP contribution in [-0.4, -0.2) is 15.4 Å². The van der Waals surface area contributed by atoms with E-state index in [0.29, 0.717) is 5.84 Å². The van der Waals surface area contributed by atoms with Gasteiger partial charge in [0.15, 0.2) is 0 Å². The summed E-state index contributed by atoms with van der Waals surface area (Å²) in [7, 11) is 0. The molecule has 2 rings (SSSR count). The number of hydrogen-bond donors (Lipinski definition) is 1. The van der Waals surface area contributed by atoms with E-state index in [4.69, 9.17) is 5.73 Å². The van der Waals surface area contributed by atoms with E-state index in [1.54, 1.807) is 13.1 Å². The average Bonchev–Trinajstić information content (AvgIpc) is 2.65. The number of hydrogen-bond acceptors (Lipinski definition) is 2. The third-order valence-corrected chi connectivity index (χ3v) is 2.26. The molecule has 0 saturated carbocycles. The summed E-state index contributed by atoms with van der Waals surface area (Å²) in [4.78, 5) is 8.35. The molecule has 0 unspecified atom stereocenters. The highest BCUT2D eigenvalue weighted by atomic mass is 15.1. The smallest absolute Gasteiger partial charge is 0.110 e. The fourth-order valence-corrected chi connectivity index (χ4v) is 1.54. The molecule has 16 heavy (non-hydrogen) atoms. The van der Waals surface area contributed by atoms with Crippen LogP contribution in [0.5, 0.6) is 0 Å². The molecule has 0 radical (unpaired) electrons. The summed E-state index contributed by atoms with van der Waals surface area (Å²) in [6, 6.07) is 7.86. The van der Waals surface area contributed by atoms with Gasteiger partial charge in [-0.05, 0) is 38.1 Å². The van der Waals surface area contributed by atoms with E-state index in [2.05, 4.69) is 9.98 Å². The summed E-state index contributed by atoms with van der Waals surface area (Å²) in [6.07, 6.45) is 3.72. The monoisotopic (exact) mass is 214 g/mol. The first-order valence-corrected chi connectivity index (χ1v) is 5.08. The maximum atomic E-state index is 5.52. The Bertz CT molecular complexity index is 504. The summed E-state index contributed by atoms with van der Waals surface area (Å²) in [5.41, 5.74) is 7.45. The Morgan fingerprint density at radius 2 is 2.00 bits per heavy atom. The van der Waals surface area contributed by atoms with Crippen LogP contribution in [-0.2, 0) is 0 Å². The molecule has 0 saturated heterocycles. The number of rotatable bonds is 2. The lowest BCUT2D eigenvalue weighted by molar-refractivity contribution is 0.975. The molecular formula is C12H14N4. The topological polar surface area (TPSA) is 56.2 Å². The standard InChI is InChI=1S/C12H14N4/c1-9(13)15-11-3-5-12(6-4-11)16-8-7-14-10(16)2/h3-8H,1-2H3,(H2,13,15). The Morgan fingerprint density at radius 1 is 1.31 bits per heavy atom. The van der Waals surface area contributed by atoms with Gasteiger partial charge in [-0.25, -0.2) is 9.98 Å². The van der Waals surface area contributed by atoms with Crippen molar-refractivity contribution in [2.45, 2.75) is 13.8 Å². The number of amidine groups is 1. The zero-order valence-electron chi connectivity index (χ0n) is 9.38. The van der Waals surface area contributed by atoms with Gasteiger partial charge in [0.2, 0.25) is 0 Å². The van der Waals surface area contributed by atoms with Gasteiger partial charge in [0.1, 0.15) is 5.82 Å². The molecule has 0 bridgehead atoms. The van der Waals surface area contributed by atoms with Crippen LogP contribution in [0.2, 0.25) is 0 Å². The second kappa shape index (κ2) is 4.18. The van der Waals surface area contributed by atoms with E-state index in [9.17, 15) is 0 Å². The maximum absolute atomic E-state index is 5.52. The lowest BCUT2D eigenvalue weighted by Gasteiger charge is -2.04. The molecule has 4 nitrogen and oxygen atoms in total. The molecule has 0 spiro atoms. The second-order valence-corrected chi connectivity index (χ2v) is 3.61. The predicted molar refractivity (Wildman–Crippen MR) is 65.3 cm³/mol. The van der Waals surface area contributed by atoms with Crippen LogP contribution in [0, 0.1) is 6.92 Å². The molecule has 0 amide bonds. The molecule has 0 atom stereocenters. The fraction of sp³-hybridized carbons (Fsp3) is 0.167. The number of nitrogens with zero attached hydrogens (tertiary/aromatic N) is 3. The Labute approximate surface area is 94.5 Å². The van der Waals surface area contributed by atoms with Crippen molar-refractivity contribution in [3.8, 4) is 5.69 Å². The predicted octanol–water partition coefficient (Wildman–Crippen LogP) is 2.19. The number of imidazole rings is 1. The molecule has 4 heteroatoms. The highest BCUT2D eigenvalue weighted by Crippen LogP contribution is 2.16. The third kappa shape index (κ3) is 2.11. The molecule has 1 aromatic heterocycles. The number of benzene rings is 1. The lowest BCUT2D eigenvalue weighted by atomic mass is 10.3. The minimum Gasteiger partial charge on any atom is -0.387 e. The minimum atomic E-state index is 0.562. The van der Waals surface area contributed by atoms with Crippen LogP contribution in [0.1, 0.15) is 12.7 Å². The third-order valence-electron chi connectivity index (χ3n) is 2.26. The highest BCUT2D eigenvalue weighted by molar-refractivity contribution is 5.80. The second-order valence-electron chi connectivity index (χ2n) is 3.61. The largest absolute Gasteiger partial charge is 0.387 e. The molecule has 0 aliphatic rings. The summed E-state index contributed by atoms with van der Waals surface area (Å²) < 4.78 is 2.02. The molecular weight excluding hydrogens is 200 g/mol. The molecule has 2 N–H and O–H groups in total. The molecule has 1 aromatic carbocycles. The first-order valence-electron chi connectivity index (χ1n) is 5.08. The van der Waals surface area contributed by atoms with E-state index in [-0.39, 0.29) is 0 Å². The van der Waals surface area contributed by atoms with Crippen molar-refractivity contribution in [2.75, 3.05) is 0 Å². The minimum absolute atomic E-state index is 0.562. The zero-order chi connectivity index (χ0) is 11.5. The van der Waals surface area contributed by atoms with E-state index in [1.807, 2.05) is 42.0 Å². The Kier molecular flexibility index (Phi) is 2.72. The first kappa shape index (κ1) is 10.4. The average molecular weight is 214 g/mol. The summed E-state index contributed by atoms with van der Waals surface area (Å²) >= 11 is 0. The summed E-state index contributed by atoms with van der Waals surface area (Å²) in [5.74, 6) is 1.53. The van der Waals surface area contributed by atoms with Crippen molar-refractivity contribution in [2.24, 2.45) is 10.7 Å². The van der Waals surface area contributed by atoms with Crippen molar-refractivity contribution in [3.05, 3.63) is 42.5 Å². The van der Waals surface area contributed by atoms with Crippen molar-refractivity contribution >= 4 is 11.5 Å². The van der Waals surface area contributed by atoms with Crippen LogP contribution in [0.3, 0.4) is 0 Å². The molecule has 0 aliphatic carbocycles. The van der Waals surface area contributed by atoms with Crippen LogP contribution >= 0.6 is 0 Å². The van der Waals surface area contributed by atoms with Crippen molar-refractivity contribution in [1.29, 1.82) is 0 Å². The van der Waals surface area contributed by atoms with Gasteiger partial charge in [0, 0.05) is 18.1 Å². The Balaban J connectivity index is 2.33. The SMILES string of the molecule is CC(N)=Nc1ccc(-n2ccnc2C)cc1. The van der Waals surface area contributed by atoms with Crippen LogP contribution in [0.25, 0.3) is 5.69 Å². The Hall–Kier alpha value is -2.10. The van der Waals surface area contributed by atoms with E-state index in [0.717, 1.165) is 17.2 Å². The van der Waals surface area contributed by atoms with Gasteiger partial charge < -0.3 is 10.3 Å². The molecule has 1 heterocycles. The van der Waals surface area contributed by atoms with Crippen LogP contribution in [0.15, 0.2) is 41.7 Å². The van der Waals surface area contributed by atoms with Gasteiger partial charge in [-0.1, -0.05) is 0 Å². The first-order chi connectivity index (χ1) is 7.66. The van der Waals surface area contributed by atoms with E-state index >= 15 is 0 Å². The Morgan fingerprint density at radius 3 is 2.50 bits per heavy atom. The fourth-order valence-electron chi connectivity index (χ4n) is 1.54. The molecule has 82 valence electrons. The number of aliphatic imine (C=N–C) groups is 1. The van der Waals surface area contributed by atoms with E-state index in [1.165, 1.54) is 0 Å². The lowest BCUT2D eigenvalue weighted by Crippen LogP contribution is -2.03. The quantitative estimate of drug-likeness (QED) is 0.615. The number of aryl methyl sites for hydroxylation is 1. The van der Waals surface area contributed by atoms with Gasteiger partial charge in [-0.2, -0.15) is 0 Å². The maximum Gasteiger partial charge on any atom is 0.110 e. The summed E-state index contributed by atoms with van der Waals surface area (Å²) in [5, 5.41) is 0.